The molecule has 1 saturated heterocycles. The van der Waals surface area contributed by atoms with Crippen LogP contribution in [0.4, 0.5) is 5.82 Å². The van der Waals surface area contributed by atoms with E-state index in [4.69, 9.17) is 10.5 Å². The summed E-state index contributed by atoms with van der Waals surface area (Å²) >= 11 is 0. The largest absolute Gasteiger partial charge is 0.384 e. The minimum Gasteiger partial charge on any atom is -0.384 e. The first kappa shape index (κ1) is 7.61. The summed E-state index contributed by atoms with van der Waals surface area (Å²) in [6, 6.07) is 2.23. The van der Waals surface area contributed by atoms with Crippen molar-refractivity contribution < 1.29 is 4.74 Å². The van der Waals surface area contributed by atoms with E-state index in [1.54, 1.807) is 0 Å². The van der Waals surface area contributed by atoms with E-state index in [1.165, 1.54) is 0 Å². The lowest BCUT2D eigenvalue weighted by molar-refractivity contribution is 0.185. The summed E-state index contributed by atoms with van der Waals surface area (Å²) in [5.41, 5.74) is 6.74. The Morgan fingerprint density at radius 1 is 1.75 bits per heavy atom. The third-order valence-corrected chi connectivity index (χ3v) is 2.14. The average molecular weight is 167 g/mol. The molecule has 0 aromatic carbocycles. The fraction of sp³-hybridized carbons (Fsp3) is 0.625. The zero-order chi connectivity index (χ0) is 8.55. The van der Waals surface area contributed by atoms with Crippen LogP contribution in [0.5, 0.6) is 0 Å². The molecule has 4 nitrogen and oxygen atoms in total. The van der Waals surface area contributed by atoms with Gasteiger partial charge in [-0.3, -0.25) is 0 Å². The molecule has 0 unspecified atom stereocenters. The highest BCUT2D eigenvalue weighted by Gasteiger charge is 2.19. The molecule has 4 heteroatoms. The van der Waals surface area contributed by atoms with Gasteiger partial charge in [0, 0.05) is 12.7 Å². The average Bonchev–Trinajstić information content (AvgIpc) is 2.58. The quantitative estimate of drug-likeness (QED) is 0.671. The van der Waals surface area contributed by atoms with Crippen molar-refractivity contribution in [2.45, 2.75) is 19.4 Å². The van der Waals surface area contributed by atoms with Crippen molar-refractivity contribution in [1.29, 1.82) is 0 Å². The summed E-state index contributed by atoms with van der Waals surface area (Å²) in [4.78, 5) is 0. The van der Waals surface area contributed by atoms with E-state index >= 15 is 0 Å². The Morgan fingerprint density at radius 2 is 2.58 bits per heavy atom. The molecule has 1 aliphatic rings. The molecule has 0 radical (unpaired) electrons. The van der Waals surface area contributed by atoms with Crippen molar-refractivity contribution in [3.8, 4) is 0 Å². The maximum Gasteiger partial charge on any atom is 0.122 e. The van der Waals surface area contributed by atoms with Crippen molar-refractivity contribution in [1.82, 2.24) is 9.78 Å². The first-order chi connectivity index (χ1) is 5.77. The summed E-state index contributed by atoms with van der Waals surface area (Å²) in [6.07, 6.45) is 1.02. The molecule has 1 aromatic rings. The molecule has 1 atom stereocenters. The van der Waals surface area contributed by atoms with E-state index in [-0.39, 0.29) is 0 Å². The van der Waals surface area contributed by atoms with Gasteiger partial charge < -0.3 is 10.5 Å². The second-order valence-corrected chi connectivity index (χ2v) is 3.17. The van der Waals surface area contributed by atoms with Crippen LogP contribution in [-0.4, -0.2) is 23.0 Å². The molecule has 1 fully saturated rings. The second kappa shape index (κ2) is 2.79. The zero-order valence-corrected chi connectivity index (χ0v) is 7.16. The lowest BCUT2D eigenvalue weighted by atomic mass is 10.3. The van der Waals surface area contributed by atoms with Crippen molar-refractivity contribution in [3.05, 3.63) is 11.8 Å². The van der Waals surface area contributed by atoms with Gasteiger partial charge in [-0.15, -0.1) is 0 Å². The maximum atomic E-state index is 5.77. The van der Waals surface area contributed by atoms with Crippen molar-refractivity contribution in [3.63, 3.8) is 0 Å². The minimum atomic E-state index is 0.346. The second-order valence-electron chi connectivity index (χ2n) is 3.17. The van der Waals surface area contributed by atoms with Gasteiger partial charge in [0.15, 0.2) is 0 Å². The number of aromatic nitrogens is 2. The molecule has 2 heterocycles. The molecule has 0 amide bonds. The van der Waals surface area contributed by atoms with Gasteiger partial charge in [0.2, 0.25) is 0 Å². The third kappa shape index (κ3) is 1.18. The van der Waals surface area contributed by atoms with E-state index in [2.05, 4.69) is 5.10 Å². The topological polar surface area (TPSA) is 53.1 Å². The van der Waals surface area contributed by atoms with Gasteiger partial charge in [-0.1, -0.05) is 0 Å². The number of nitrogens with zero attached hydrogens (tertiary/aromatic N) is 2. The highest BCUT2D eigenvalue weighted by atomic mass is 16.5. The Hall–Kier alpha value is -1.03. The highest BCUT2D eigenvalue weighted by Crippen LogP contribution is 2.21. The Labute approximate surface area is 71.3 Å². The summed E-state index contributed by atoms with van der Waals surface area (Å²) < 4.78 is 7.12. The van der Waals surface area contributed by atoms with Crippen LogP contribution in [-0.2, 0) is 4.74 Å². The Balaban J connectivity index is 2.25. The molecule has 1 aliphatic heterocycles. The van der Waals surface area contributed by atoms with Gasteiger partial charge in [0.05, 0.1) is 18.3 Å². The fourth-order valence-corrected chi connectivity index (χ4v) is 1.54. The fourth-order valence-electron chi connectivity index (χ4n) is 1.54. The summed E-state index contributed by atoms with van der Waals surface area (Å²) in [7, 11) is 0. The molecule has 12 heavy (non-hydrogen) atoms. The smallest absolute Gasteiger partial charge is 0.122 e. The predicted molar refractivity (Wildman–Crippen MR) is 45.8 cm³/mol. The molecule has 0 saturated carbocycles. The standard InChI is InChI=1S/C8H13N3O/c1-6-4-8(9)11(10-6)7-2-3-12-5-7/h4,7H,2-3,5,9H2,1H3/t7-/m1/s1. The number of anilines is 1. The van der Waals surface area contributed by atoms with Crippen LogP contribution in [0.15, 0.2) is 6.07 Å². The Bertz CT molecular complexity index is 276. The van der Waals surface area contributed by atoms with E-state index in [0.29, 0.717) is 6.04 Å². The van der Waals surface area contributed by atoms with Crippen LogP contribution >= 0.6 is 0 Å². The lowest BCUT2D eigenvalue weighted by Crippen LogP contribution is -2.12. The van der Waals surface area contributed by atoms with Gasteiger partial charge in [-0.25, -0.2) is 4.68 Å². The minimum absolute atomic E-state index is 0.346. The molecule has 1 aromatic heterocycles. The molecule has 0 aliphatic carbocycles. The van der Waals surface area contributed by atoms with Crippen LogP contribution in [0.3, 0.4) is 0 Å². The van der Waals surface area contributed by atoms with Gasteiger partial charge in [0.1, 0.15) is 5.82 Å². The van der Waals surface area contributed by atoms with Gasteiger partial charge in [-0.05, 0) is 13.3 Å². The van der Waals surface area contributed by atoms with Crippen LogP contribution in [0.2, 0.25) is 0 Å². The Kier molecular flexibility index (Phi) is 1.77. The monoisotopic (exact) mass is 167 g/mol. The van der Waals surface area contributed by atoms with E-state index in [1.807, 2.05) is 17.7 Å². The number of nitrogen functional groups attached to an aromatic ring is 1. The van der Waals surface area contributed by atoms with E-state index in [9.17, 15) is 0 Å². The number of ether oxygens (including phenoxy) is 1. The number of nitrogens with two attached hydrogens (primary N) is 1. The molecule has 2 rings (SSSR count). The normalized spacial score (nSPS) is 23.2. The lowest BCUT2D eigenvalue weighted by Gasteiger charge is -2.09. The van der Waals surface area contributed by atoms with Crippen LogP contribution in [0.25, 0.3) is 0 Å². The zero-order valence-electron chi connectivity index (χ0n) is 7.16. The van der Waals surface area contributed by atoms with Crippen LogP contribution < -0.4 is 5.73 Å². The number of aryl methyl sites for hydroxylation is 1. The molecular weight excluding hydrogens is 154 g/mol. The predicted octanol–water partition coefficient (Wildman–Crippen LogP) is 0.735. The van der Waals surface area contributed by atoms with Gasteiger partial charge in [-0.2, -0.15) is 5.10 Å². The number of hydrogen-bond acceptors (Lipinski definition) is 3. The first-order valence-corrected chi connectivity index (χ1v) is 4.17. The molecule has 0 spiro atoms. The third-order valence-electron chi connectivity index (χ3n) is 2.14. The van der Waals surface area contributed by atoms with Crippen molar-refractivity contribution in [2.24, 2.45) is 0 Å². The molecule has 66 valence electrons. The number of hydrogen-bond donors (Lipinski definition) is 1. The summed E-state index contributed by atoms with van der Waals surface area (Å²) in [6.45, 7) is 3.51. The maximum absolute atomic E-state index is 5.77. The molecular formula is C8H13N3O. The number of rotatable bonds is 1. The summed E-state index contributed by atoms with van der Waals surface area (Å²) in [5, 5.41) is 4.30. The Morgan fingerprint density at radius 3 is 3.08 bits per heavy atom. The van der Waals surface area contributed by atoms with Crippen LogP contribution in [0.1, 0.15) is 18.2 Å². The van der Waals surface area contributed by atoms with Crippen molar-refractivity contribution >= 4 is 5.82 Å². The molecule has 2 N–H and O–H groups in total. The van der Waals surface area contributed by atoms with E-state index < -0.39 is 0 Å². The van der Waals surface area contributed by atoms with E-state index in [0.717, 1.165) is 31.1 Å². The van der Waals surface area contributed by atoms with Gasteiger partial charge in [0.25, 0.3) is 0 Å². The van der Waals surface area contributed by atoms with Crippen LogP contribution in [0, 0.1) is 6.92 Å². The summed E-state index contributed by atoms with van der Waals surface area (Å²) in [5.74, 6) is 0.739. The van der Waals surface area contributed by atoms with Crippen molar-refractivity contribution in [2.75, 3.05) is 18.9 Å². The SMILES string of the molecule is Cc1cc(N)n([C@@H]2CCOC2)n1. The molecule has 0 bridgehead atoms. The highest BCUT2D eigenvalue weighted by molar-refractivity contribution is 5.30. The first-order valence-electron chi connectivity index (χ1n) is 4.17. The van der Waals surface area contributed by atoms with Gasteiger partial charge >= 0.3 is 0 Å².